The summed E-state index contributed by atoms with van der Waals surface area (Å²) in [4.78, 5) is 14.1. The van der Waals surface area contributed by atoms with Gasteiger partial charge in [0.05, 0.1) is 23.4 Å². The minimum Gasteiger partial charge on any atom is -0.497 e. The molecule has 2 heterocycles. The molecule has 1 N–H and O–H groups in total. The van der Waals surface area contributed by atoms with E-state index in [2.05, 4.69) is 10.4 Å². The third-order valence-corrected chi connectivity index (χ3v) is 5.56. The molecule has 4 rings (SSSR count). The van der Waals surface area contributed by atoms with Crippen molar-refractivity contribution in [1.82, 2.24) is 15.1 Å². The van der Waals surface area contributed by atoms with E-state index in [1.165, 1.54) is 23.5 Å². The van der Waals surface area contributed by atoms with Crippen LogP contribution >= 0.6 is 11.3 Å². The Bertz CT molecular complexity index is 1130. The molecule has 5 nitrogen and oxygen atoms in total. The molecule has 1 amide bonds. The first kappa shape index (κ1) is 18.2. The van der Waals surface area contributed by atoms with Crippen LogP contribution in [0, 0.1) is 12.7 Å². The van der Waals surface area contributed by atoms with Crippen molar-refractivity contribution in [3.63, 3.8) is 0 Å². The van der Waals surface area contributed by atoms with Crippen LogP contribution in [0.5, 0.6) is 5.75 Å². The van der Waals surface area contributed by atoms with E-state index in [0.717, 1.165) is 32.9 Å². The van der Waals surface area contributed by atoms with Gasteiger partial charge in [0.25, 0.3) is 5.91 Å². The Kier molecular flexibility index (Phi) is 4.83. The number of carbonyl (C=O) groups excluding carboxylic acids is 1. The molecule has 0 atom stereocenters. The van der Waals surface area contributed by atoms with Gasteiger partial charge in [-0.15, -0.1) is 11.3 Å². The maximum atomic E-state index is 13.2. The minimum atomic E-state index is -0.298. The van der Waals surface area contributed by atoms with Crippen LogP contribution < -0.4 is 10.1 Å². The smallest absolute Gasteiger partial charge is 0.261 e. The van der Waals surface area contributed by atoms with Crippen LogP contribution in [0.2, 0.25) is 0 Å². The van der Waals surface area contributed by atoms with E-state index in [9.17, 15) is 9.18 Å². The fourth-order valence-electron chi connectivity index (χ4n) is 2.93. The first-order valence-electron chi connectivity index (χ1n) is 8.71. The highest BCUT2D eigenvalue weighted by molar-refractivity contribution is 7.20. The van der Waals surface area contributed by atoms with E-state index in [1.807, 2.05) is 37.3 Å². The molecule has 0 saturated heterocycles. The largest absolute Gasteiger partial charge is 0.497 e. The number of nitrogens with one attached hydrogen (secondary N) is 1. The Morgan fingerprint density at radius 2 is 1.89 bits per heavy atom. The SMILES string of the molecule is COc1ccc(CNC(=O)c2cc3c(C)nn(-c4ccc(F)cc4)c3s2)cc1. The van der Waals surface area contributed by atoms with Gasteiger partial charge in [0.1, 0.15) is 16.4 Å². The van der Waals surface area contributed by atoms with E-state index < -0.39 is 0 Å². The number of halogens is 1. The minimum absolute atomic E-state index is 0.137. The molecular weight excluding hydrogens is 377 g/mol. The highest BCUT2D eigenvalue weighted by atomic mass is 32.1. The molecule has 0 aliphatic rings. The number of hydrogen-bond acceptors (Lipinski definition) is 4. The van der Waals surface area contributed by atoms with Crippen molar-refractivity contribution in [3.05, 3.63) is 76.5 Å². The highest BCUT2D eigenvalue weighted by Gasteiger charge is 2.17. The first-order chi connectivity index (χ1) is 13.5. The quantitative estimate of drug-likeness (QED) is 0.542. The molecule has 0 radical (unpaired) electrons. The fourth-order valence-corrected chi connectivity index (χ4v) is 4.03. The molecule has 0 unspecified atom stereocenters. The Morgan fingerprint density at radius 1 is 1.18 bits per heavy atom. The van der Waals surface area contributed by atoms with Crippen molar-refractivity contribution in [3.8, 4) is 11.4 Å². The molecule has 7 heteroatoms. The predicted molar refractivity (Wildman–Crippen MR) is 108 cm³/mol. The van der Waals surface area contributed by atoms with Crippen molar-refractivity contribution in [2.45, 2.75) is 13.5 Å². The summed E-state index contributed by atoms with van der Waals surface area (Å²) in [6.45, 7) is 2.33. The lowest BCUT2D eigenvalue weighted by Gasteiger charge is -2.05. The average molecular weight is 395 g/mol. The molecular formula is C21H18FN3O2S. The van der Waals surface area contributed by atoms with E-state index in [-0.39, 0.29) is 11.7 Å². The van der Waals surface area contributed by atoms with Crippen LogP contribution in [-0.2, 0) is 6.54 Å². The third-order valence-electron chi connectivity index (χ3n) is 4.45. The number of benzene rings is 2. The average Bonchev–Trinajstić information content (AvgIpc) is 3.28. The molecule has 0 saturated carbocycles. The summed E-state index contributed by atoms with van der Waals surface area (Å²) < 4.78 is 20.1. The Hall–Kier alpha value is -3.19. The zero-order valence-electron chi connectivity index (χ0n) is 15.4. The zero-order chi connectivity index (χ0) is 19.7. The monoisotopic (exact) mass is 395 g/mol. The van der Waals surface area contributed by atoms with Crippen molar-refractivity contribution in [2.75, 3.05) is 7.11 Å². The molecule has 0 fully saturated rings. The van der Waals surface area contributed by atoms with Gasteiger partial charge in [0.15, 0.2) is 0 Å². The number of rotatable bonds is 5. The summed E-state index contributed by atoms with van der Waals surface area (Å²) in [7, 11) is 1.62. The number of amides is 1. The Balaban J connectivity index is 1.56. The summed E-state index contributed by atoms with van der Waals surface area (Å²) in [6, 6.07) is 15.5. The summed E-state index contributed by atoms with van der Waals surface area (Å²) in [5.74, 6) is 0.344. The second kappa shape index (κ2) is 7.44. The van der Waals surface area contributed by atoms with Crippen LogP contribution in [0.1, 0.15) is 20.9 Å². The molecule has 28 heavy (non-hydrogen) atoms. The van der Waals surface area contributed by atoms with Gasteiger partial charge in [0.2, 0.25) is 0 Å². The van der Waals surface area contributed by atoms with Crippen LogP contribution in [0.15, 0.2) is 54.6 Å². The standard InChI is InChI=1S/C21H18FN3O2S/c1-13-18-11-19(20(26)23-12-14-3-9-17(27-2)10-4-14)28-21(18)25(24-13)16-7-5-15(22)6-8-16/h3-11H,12H2,1-2H3,(H,23,26). The second-order valence-corrected chi connectivity index (χ2v) is 7.36. The fraction of sp³-hybridized carbons (Fsp3) is 0.143. The van der Waals surface area contributed by atoms with E-state index in [4.69, 9.17) is 4.74 Å². The van der Waals surface area contributed by atoms with Crippen LogP contribution in [0.4, 0.5) is 4.39 Å². The van der Waals surface area contributed by atoms with Crippen LogP contribution in [-0.4, -0.2) is 22.8 Å². The molecule has 2 aromatic carbocycles. The molecule has 142 valence electrons. The third kappa shape index (κ3) is 3.48. The van der Waals surface area contributed by atoms with Crippen molar-refractivity contribution in [2.24, 2.45) is 0 Å². The van der Waals surface area contributed by atoms with Gasteiger partial charge in [0, 0.05) is 11.9 Å². The number of hydrogen-bond donors (Lipinski definition) is 1. The van der Waals surface area contributed by atoms with Gasteiger partial charge < -0.3 is 10.1 Å². The van der Waals surface area contributed by atoms with Crippen LogP contribution in [0.3, 0.4) is 0 Å². The van der Waals surface area contributed by atoms with Gasteiger partial charge in [-0.05, 0) is 55.0 Å². The first-order valence-corrected chi connectivity index (χ1v) is 9.53. The lowest BCUT2D eigenvalue weighted by atomic mass is 10.2. The van der Waals surface area contributed by atoms with Crippen molar-refractivity contribution in [1.29, 1.82) is 0 Å². The molecule has 4 aromatic rings. The number of carbonyl (C=O) groups is 1. The lowest BCUT2D eigenvalue weighted by molar-refractivity contribution is 0.0955. The number of thiophene rings is 1. The zero-order valence-corrected chi connectivity index (χ0v) is 16.2. The molecule has 0 aliphatic carbocycles. The number of nitrogens with zero attached hydrogens (tertiary/aromatic N) is 2. The van der Waals surface area contributed by atoms with E-state index >= 15 is 0 Å². The Morgan fingerprint density at radius 3 is 2.57 bits per heavy atom. The number of ether oxygens (including phenoxy) is 1. The number of aromatic nitrogens is 2. The van der Waals surface area contributed by atoms with Gasteiger partial charge in [-0.1, -0.05) is 12.1 Å². The highest BCUT2D eigenvalue weighted by Crippen LogP contribution is 2.30. The van der Waals surface area contributed by atoms with Crippen molar-refractivity contribution >= 4 is 27.5 Å². The summed E-state index contributed by atoms with van der Waals surface area (Å²) in [5.41, 5.74) is 2.57. The number of methoxy groups -OCH3 is 1. The summed E-state index contributed by atoms with van der Waals surface area (Å²) >= 11 is 1.37. The van der Waals surface area contributed by atoms with Crippen LogP contribution in [0.25, 0.3) is 15.9 Å². The Labute approximate surface area is 165 Å². The molecule has 0 aliphatic heterocycles. The maximum Gasteiger partial charge on any atom is 0.261 e. The maximum absolute atomic E-state index is 13.2. The summed E-state index contributed by atoms with van der Waals surface area (Å²) in [5, 5.41) is 8.38. The van der Waals surface area contributed by atoms with E-state index in [1.54, 1.807) is 23.9 Å². The summed E-state index contributed by atoms with van der Waals surface area (Å²) in [6.07, 6.45) is 0. The normalized spacial score (nSPS) is 11.0. The van der Waals surface area contributed by atoms with Gasteiger partial charge >= 0.3 is 0 Å². The lowest BCUT2D eigenvalue weighted by Crippen LogP contribution is -2.21. The molecule has 2 aromatic heterocycles. The topological polar surface area (TPSA) is 56.1 Å². The van der Waals surface area contributed by atoms with Gasteiger partial charge in [-0.2, -0.15) is 5.10 Å². The molecule has 0 bridgehead atoms. The van der Waals surface area contributed by atoms with Crippen molar-refractivity contribution < 1.29 is 13.9 Å². The van der Waals surface area contributed by atoms with Gasteiger partial charge in [-0.3, -0.25) is 4.79 Å². The number of fused-ring (bicyclic) bond motifs is 1. The second-order valence-electron chi connectivity index (χ2n) is 6.33. The van der Waals surface area contributed by atoms with Gasteiger partial charge in [-0.25, -0.2) is 9.07 Å². The van der Waals surface area contributed by atoms with E-state index in [0.29, 0.717) is 11.4 Å². The predicted octanol–water partition coefficient (Wildman–Crippen LogP) is 4.47. The molecule has 0 spiro atoms. The number of aryl methyl sites for hydroxylation is 1.